The van der Waals surface area contributed by atoms with Crippen molar-refractivity contribution < 1.29 is 8.78 Å². The van der Waals surface area contributed by atoms with Crippen LogP contribution in [0.3, 0.4) is 0 Å². The third-order valence-electron chi connectivity index (χ3n) is 3.47. The van der Waals surface area contributed by atoms with E-state index in [4.69, 9.17) is 0 Å². The highest BCUT2D eigenvalue weighted by molar-refractivity contribution is 5.78. The summed E-state index contributed by atoms with van der Waals surface area (Å²) >= 11 is 0. The quantitative estimate of drug-likeness (QED) is 0.625. The van der Waals surface area contributed by atoms with Crippen LogP contribution in [0, 0.1) is 25.5 Å². The van der Waals surface area contributed by atoms with Gasteiger partial charge in [0.1, 0.15) is 11.6 Å². The monoisotopic (exact) mass is 317 g/mol. The lowest BCUT2D eigenvalue weighted by Crippen LogP contribution is -2.14. The molecule has 2 rings (SSSR count). The van der Waals surface area contributed by atoms with Crippen LogP contribution in [-0.4, -0.2) is 24.8 Å². The number of halogens is 2. The molecule has 0 aromatic heterocycles. The number of anilines is 2. The average Bonchev–Trinajstić information content (AvgIpc) is 2.44. The summed E-state index contributed by atoms with van der Waals surface area (Å²) in [5.74, 6) is -0.697. The Balaban J connectivity index is 2.42. The molecule has 0 spiro atoms. The second-order valence-corrected chi connectivity index (χ2v) is 5.58. The molecule has 0 saturated carbocycles. The Hall–Kier alpha value is -2.43. The molecule has 3 nitrogen and oxygen atoms in total. The van der Waals surface area contributed by atoms with Crippen LogP contribution in [0.15, 0.2) is 35.3 Å². The highest BCUT2D eigenvalue weighted by Crippen LogP contribution is 2.33. The molecule has 0 heterocycles. The van der Waals surface area contributed by atoms with Crippen molar-refractivity contribution in [3.63, 3.8) is 0 Å². The van der Waals surface area contributed by atoms with Crippen molar-refractivity contribution in [1.82, 2.24) is 4.90 Å². The largest absolute Gasteiger partial charge is 0.366 e. The molecular formula is C18H21F2N3. The predicted molar refractivity (Wildman–Crippen MR) is 92.0 cm³/mol. The van der Waals surface area contributed by atoms with Gasteiger partial charge in [0.15, 0.2) is 0 Å². The Bertz CT molecular complexity index is 706. The smallest absolute Gasteiger partial charge is 0.125 e. The van der Waals surface area contributed by atoms with Crippen molar-refractivity contribution in [2.45, 2.75) is 20.8 Å². The van der Waals surface area contributed by atoms with Crippen molar-refractivity contribution in [3.05, 3.63) is 53.1 Å². The van der Waals surface area contributed by atoms with Crippen molar-refractivity contribution in [1.29, 1.82) is 0 Å². The number of hydrogen-bond donors (Lipinski definition) is 1. The SMILES string of the molecule is CCN(C)C=Nc1c(C)cc(F)cc1Nc1cc(C)cc(F)c1. The van der Waals surface area contributed by atoms with Gasteiger partial charge in [-0.25, -0.2) is 13.8 Å². The topological polar surface area (TPSA) is 27.6 Å². The maximum absolute atomic E-state index is 13.8. The van der Waals surface area contributed by atoms with E-state index >= 15 is 0 Å². The second-order valence-electron chi connectivity index (χ2n) is 5.58. The van der Waals surface area contributed by atoms with E-state index < -0.39 is 0 Å². The zero-order valence-corrected chi connectivity index (χ0v) is 13.8. The minimum absolute atomic E-state index is 0.337. The van der Waals surface area contributed by atoms with Gasteiger partial charge in [-0.15, -0.1) is 0 Å². The van der Waals surface area contributed by atoms with E-state index in [9.17, 15) is 8.78 Å². The van der Waals surface area contributed by atoms with Crippen molar-refractivity contribution >= 4 is 23.4 Å². The summed E-state index contributed by atoms with van der Waals surface area (Å²) in [5, 5.41) is 3.07. The molecule has 0 aliphatic heterocycles. The molecular weight excluding hydrogens is 296 g/mol. The minimum Gasteiger partial charge on any atom is -0.366 e. The maximum Gasteiger partial charge on any atom is 0.125 e. The van der Waals surface area contributed by atoms with E-state index in [0.717, 1.165) is 12.1 Å². The van der Waals surface area contributed by atoms with Gasteiger partial charge < -0.3 is 10.2 Å². The summed E-state index contributed by atoms with van der Waals surface area (Å²) in [6, 6.07) is 7.41. The number of benzene rings is 2. The van der Waals surface area contributed by atoms with Gasteiger partial charge >= 0.3 is 0 Å². The fourth-order valence-electron chi connectivity index (χ4n) is 2.20. The summed E-state index contributed by atoms with van der Waals surface area (Å²) in [4.78, 5) is 6.35. The molecule has 23 heavy (non-hydrogen) atoms. The number of aliphatic imine (C=N–C) groups is 1. The number of rotatable bonds is 5. The van der Waals surface area contributed by atoms with Crippen LogP contribution < -0.4 is 5.32 Å². The Labute approximate surface area is 135 Å². The molecule has 0 atom stereocenters. The molecule has 122 valence electrons. The fourth-order valence-corrected chi connectivity index (χ4v) is 2.20. The number of nitrogens with one attached hydrogen (secondary N) is 1. The van der Waals surface area contributed by atoms with Crippen LogP contribution in [0.25, 0.3) is 0 Å². The van der Waals surface area contributed by atoms with E-state index in [1.807, 2.05) is 18.9 Å². The van der Waals surface area contributed by atoms with Crippen molar-refractivity contribution in [2.75, 3.05) is 18.9 Å². The predicted octanol–water partition coefficient (Wildman–Crippen LogP) is 4.94. The van der Waals surface area contributed by atoms with Crippen LogP contribution >= 0.6 is 0 Å². The molecule has 2 aromatic rings. The number of aryl methyl sites for hydroxylation is 2. The zero-order valence-electron chi connectivity index (χ0n) is 13.8. The third-order valence-corrected chi connectivity index (χ3v) is 3.47. The molecule has 1 N–H and O–H groups in total. The van der Waals surface area contributed by atoms with Gasteiger partial charge in [0.25, 0.3) is 0 Å². The Morgan fingerprint density at radius 1 is 1.09 bits per heavy atom. The normalized spacial score (nSPS) is 11.0. The van der Waals surface area contributed by atoms with Gasteiger partial charge in [0.2, 0.25) is 0 Å². The maximum atomic E-state index is 13.8. The lowest BCUT2D eigenvalue weighted by molar-refractivity contribution is 0.552. The first-order chi connectivity index (χ1) is 10.9. The Morgan fingerprint density at radius 3 is 2.43 bits per heavy atom. The highest BCUT2D eigenvalue weighted by atomic mass is 19.1. The first-order valence-electron chi connectivity index (χ1n) is 7.48. The van der Waals surface area contributed by atoms with E-state index in [0.29, 0.717) is 22.6 Å². The standard InChI is InChI=1S/C18H21F2N3/c1-5-23(4)11-21-18-13(3)8-15(20)10-17(18)22-16-7-12(2)6-14(19)9-16/h6-11,22H,5H2,1-4H3. The Morgan fingerprint density at radius 2 is 1.78 bits per heavy atom. The summed E-state index contributed by atoms with van der Waals surface area (Å²) in [5.41, 5.74) is 3.20. The highest BCUT2D eigenvalue weighted by Gasteiger charge is 2.09. The molecule has 0 radical (unpaired) electrons. The van der Waals surface area contributed by atoms with E-state index in [-0.39, 0.29) is 11.6 Å². The number of hydrogen-bond acceptors (Lipinski definition) is 2. The second kappa shape index (κ2) is 7.22. The molecule has 2 aromatic carbocycles. The summed E-state index contributed by atoms with van der Waals surface area (Å²) in [6.07, 6.45) is 1.70. The van der Waals surface area contributed by atoms with Crippen LogP contribution in [-0.2, 0) is 0 Å². The third kappa shape index (κ3) is 4.52. The summed E-state index contributed by atoms with van der Waals surface area (Å²) < 4.78 is 27.3. The first-order valence-corrected chi connectivity index (χ1v) is 7.48. The minimum atomic E-state index is -0.360. The van der Waals surface area contributed by atoms with Gasteiger partial charge in [-0.05, 0) is 62.2 Å². The van der Waals surface area contributed by atoms with Crippen molar-refractivity contribution in [3.8, 4) is 0 Å². The molecule has 0 bridgehead atoms. The van der Waals surface area contributed by atoms with Crippen LogP contribution in [0.4, 0.5) is 25.8 Å². The van der Waals surface area contributed by atoms with Gasteiger partial charge in [-0.3, -0.25) is 0 Å². The molecule has 0 aliphatic carbocycles. The fraction of sp³-hybridized carbons (Fsp3) is 0.278. The summed E-state index contributed by atoms with van der Waals surface area (Å²) in [6.45, 7) is 6.43. The van der Waals surface area contributed by atoms with E-state index in [1.165, 1.54) is 24.3 Å². The van der Waals surface area contributed by atoms with Gasteiger partial charge in [0, 0.05) is 19.3 Å². The van der Waals surface area contributed by atoms with Crippen LogP contribution in [0.5, 0.6) is 0 Å². The molecule has 0 fully saturated rings. The van der Waals surface area contributed by atoms with E-state index in [2.05, 4.69) is 10.3 Å². The molecule has 0 amide bonds. The zero-order chi connectivity index (χ0) is 17.0. The van der Waals surface area contributed by atoms with Gasteiger partial charge in [-0.2, -0.15) is 0 Å². The molecule has 5 heteroatoms. The Kier molecular flexibility index (Phi) is 5.32. The molecule has 0 aliphatic rings. The lowest BCUT2D eigenvalue weighted by atomic mass is 10.1. The number of nitrogens with zero attached hydrogens (tertiary/aromatic N) is 2. The van der Waals surface area contributed by atoms with Crippen molar-refractivity contribution in [2.24, 2.45) is 4.99 Å². The van der Waals surface area contributed by atoms with Crippen LogP contribution in [0.1, 0.15) is 18.1 Å². The molecule has 0 saturated heterocycles. The lowest BCUT2D eigenvalue weighted by Gasteiger charge is -2.14. The van der Waals surface area contributed by atoms with Gasteiger partial charge in [-0.1, -0.05) is 0 Å². The summed E-state index contributed by atoms with van der Waals surface area (Å²) in [7, 11) is 1.91. The first kappa shape index (κ1) is 16.9. The van der Waals surface area contributed by atoms with E-state index in [1.54, 1.807) is 26.3 Å². The van der Waals surface area contributed by atoms with Crippen LogP contribution in [0.2, 0.25) is 0 Å². The molecule has 0 unspecified atom stereocenters. The van der Waals surface area contributed by atoms with Gasteiger partial charge in [0.05, 0.1) is 17.7 Å². The average molecular weight is 317 g/mol.